The highest BCUT2D eigenvalue weighted by Gasteiger charge is 2.29. The lowest BCUT2D eigenvalue weighted by Gasteiger charge is -2.33. The third kappa shape index (κ3) is 3.33. The molecule has 1 amide bonds. The van der Waals surface area contributed by atoms with Crippen molar-refractivity contribution in [2.45, 2.75) is 38.8 Å². The van der Waals surface area contributed by atoms with Crippen molar-refractivity contribution < 1.29 is 4.79 Å². The van der Waals surface area contributed by atoms with Crippen LogP contribution in [0.3, 0.4) is 0 Å². The van der Waals surface area contributed by atoms with Gasteiger partial charge in [0.25, 0.3) is 0 Å². The Morgan fingerprint density at radius 1 is 1.45 bits per heavy atom. The first-order valence-corrected chi connectivity index (χ1v) is 7.63. The monoisotopic (exact) mass is 294 g/mol. The Bertz CT molecular complexity index is 477. The summed E-state index contributed by atoms with van der Waals surface area (Å²) in [5.41, 5.74) is 1.01. The van der Waals surface area contributed by atoms with Crippen molar-refractivity contribution >= 4 is 17.5 Å². The lowest BCUT2D eigenvalue weighted by atomic mass is 9.91. The van der Waals surface area contributed by atoms with Crippen molar-refractivity contribution in [3.63, 3.8) is 0 Å². The summed E-state index contributed by atoms with van der Waals surface area (Å²) in [4.78, 5) is 14.5. The molecule has 20 heavy (non-hydrogen) atoms. The van der Waals surface area contributed by atoms with Crippen molar-refractivity contribution in [3.8, 4) is 0 Å². The number of hydrogen-bond acceptors (Lipinski definition) is 2. The molecule has 1 aromatic rings. The first kappa shape index (κ1) is 15.3. The second-order valence-corrected chi connectivity index (χ2v) is 6.13. The molecule has 0 bridgehead atoms. The summed E-state index contributed by atoms with van der Waals surface area (Å²) in [7, 11) is 1.88. The maximum absolute atomic E-state index is 12.6. The van der Waals surface area contributed by atoms with E-state index in [1.807, 2.05) is 43.1 Å². The minimum Gasteiger partial charge on any atom is -0.339 e. The highest BCUT2D eigenvalue weighted by atomic mass is 35.5. The summed E-state index contributed by atoms with van der Waals surface area (Å²) >= 11 is 6.23. The smallest absolute Gasteiger partial charge is 0.226 e. The van der Waals surface area contributed by atoms with Gasteiger partial charge in [0.15, 0.2) is 0 Å². The van der Waals surface area contributed by atoms with Gasteiger partial charge in [0.2, 0.25) is 5.91 Å². The second kappa shape index (κ2) is 6.59. The van der Waals surface area contributed by atoms with E-state index in [1.165, 1.54) is 0 Å². The van der Waals surface area contributed by atoms with Crippen molar-refractivity contribution in [1.82, 2.24) is 10.2 Å². The summed E-state index contributed by atoms with van der Waals surface area (Å²) in [5.74, 6) is 0.354. The minimum atomic E-state index is 0.00129. The average molecular weight is 295 g/mol. The number of benzene rings is 1. The predicted octanol–water partition coefficient (Wildman–Crippen LogP) is 3.25. The third-order valence-electron chi connectivity index (χ3n) is 4.26. The van der Waals surface area contributed by atoms with E-state index < -0.39 is 0 Å². The van der Waals surface area contributed by atoms with E-state index in [9.17, 15) is 4.79 Å². The van der Waals surface area contributed by atoms with Crippen LogP contribution in [-0.4, -0.2) is 30.4 Å². The van der Waals surface area contributed by atoms with E-state index >= 15 is 0 Å². The maximum atomic E-state index is 12.6. The van der Waals surface area contributed by atoms with E-state index in [2.05, 4.69) is 12.2 Å². The lowest BCUT2D eigenvalue weighted by Crippen LogP contribution is -2.43. The van der Waals surface area contributed by atoms with E-state index in [0.29, 0.717) is 6.04 Å². The molecule has 1 aliphatic rings. The Labute approximate surface area is 126 Å². The summed E-state index contributed by atoms with van der Waals surface area (Å²) in [6, 6.07) is 8.15. The number of amides is 1. The average Bonchev–Trinajstić information content (AvgIpc) is 2.45. The molecule has 0 radical (unpaired) electrons. The number of hydrogen-bond donors (Lipinski definition) is 1. The Hall–Kier alpha value is -1.06. The summed E-state index contributed by atoms with van der Waals surface area (Å²) in [6.45, 7) is 5.09. The van der Waals surface area contributed by atoms with Gasteiger partial charge in [-0.05, 0) is 44.9 Å². The zero-order valence-corrected chi connectivity index (χ0v) is 13.2. The first-order chi connectivity index (χ1) is 9.50. The number of nitrogens with zero attached hydrogens (tertiary/aromatic N) is 1. The Morgan fingerprint density at radius 2 is 2.15 bits per heavy atom. The molecule has 0 aromatic heterocycles. The molecule has 3 atom stereocenters. The van der Waals surface area contributed by atoms with Gasteiger partial charge in [-0.25, -0.2) is 0 Å². The molecule has 3 nitrogen and oxygen atoms in total. The molecule has 0 spiro atoms. The van der Waals surface area contributed by atoms with Gasteiger partial charge in [-0.1, -0.05) is 29.8 Å². The summed E-state index contributed by atoms with van der Waals surface area (Å²) in [6.07, 6.45) is 1.83. The minimum absolute atomic E-state index is 0.00129. The zero-order valence-electron chi connectivity index (χ0n) is 12.4. The highest BCUT2D eigenvalue weighted by molar-refractivity contribution is 6.31. The molecular weight excluding hydrogens is 272 g/mol. The number of carbonyl (C=O) groups is 1. The molecule has 1 aromatic carbocycles. The first-order valence-electron chi connectivity index (χ1n) is 7.25. The molecule has 1 fully saturated rings. The van der Waals surface area contributed by atoms with Crippen LogP contribution in [0.4, 0.5) is 0 Å². The van der Waals surface area contributed by atoms with Crippen LogP contribution in [0.15, 0.2) is 24.3 Å². The Morgan fingerprint density at radius 3 is 2.80 bits per heavy atom. The summed E-state index contributed by atoms with van der Waals surface area (Å²) < 4.78 is 0. The van der Waals surface area contributed by atoms with Crippen molar-refractivity contribution in [2.24, 2.45) is 5.92 Å². The van der Waals surface area contributed by atoms with Gasteiger partial charge in [-0.15, -0.1) is 0 Å². The van der Waals surface area contributed by atoms with Crippen LogP contribution < -0.4 is 5.32 Å². The predicted molar refractivity (Wildman–Crippen MR) is 82.8 cm³/mol. The molecule has 0 saturated carbocycles. The topological polar surface area (TPSA) is 32.3 Å². The van der Waals surface area contributed by atoms with Gasteiger partial charge < -0.3 is 10.2 Å². The number of nitrogens with one attached hydrogen (secondary N) is 1. The van der Waals surface area contributed by atoms with Crippen LogP contribution in [-0.2, 0) is 4.79 Å². The quantitative estimate of drug-likeness (QED) is 0.928. The number of rotatable bonds is 3. The van der Waals surface area contributed by atoms with E-state index in [1.54, 1.807) is 0 Å². The van der Waals surface area contributed by atoms with Gasteiger partial charge in [0.05, 0.1) is 6.04 Å². The molecule has 4 heteroatoms. The van der Waals surface area contributed by atoms with Crippen LogP contribution in [0.5, 0.6) is 0 Å². The zero-order chi connectivity index (χ0) is 14.7. The summed E-state index contributed by atoms with van der Waals surface area (Å²) in [5, 5.41) is 4.10. The standard InChI is InChI=1S/C16H23ClN2O/c1-11-10-13(8-9-18-11)16(20)19(3)12(2)14-6-4-5-7-15(14)17/h4-7,11-13,18H,8-10H2,1-3H3. The number of piperidine rings is 1. The fourth-order valence-electron chi connectivity index (χ4n) is 2.86. The molecule has 1 N–H and O–H groups in total. The molecule has 3 unspecified atom stereocenters. The van der Waals surface area contributed by atoms with E-state index in [0.717, 1.165) is 30.0 Å². The molecule has 110 valence electrons. The fourth-order valence-corrected chi connectivity index (χ4v) is 3.15. The Kier molecular flexibility index (Phi) is 5.06. The van der Waals surface area contributed by atoms with Crippen LogP contribution in [0.25, 0.3) is 0 Å². The fraction of sp³-hybridized carbons (Fsp3) is 0.562. The van der Waals surface area contributed by atoms with Crippen LogP contribution >= 0.6 is 11.6 Å². The highest BCUT2D eigenvalue weighted by Crippen LogP contribution is 2.28. The second-order valence-electron chi connectivity index (χ2n) is 5.72. The number of halogens is 1. The van der Waals surface area contributed by atoms with Crippen molar-refractivity contribution in [2.75, 3.05) is 13.6 Å². The van der Waals surface area contributed by atoms with E-state index in [-0.39, 0.29) is 17.9 Å². The van der Waals surface area contributed by atoms with Crippen molar-refractivity contribution in [3.05, 3.63) is 34.9 Å². The normalized spacial score (nSPS) is 24.2. The maximum Gasteiger partial charge on any atom is 0.226 e. The largest absolute Gasteiger partial charge is 0.339 e. The number of carbonyl (C=O) groups excluding carboxylic acids is 1. The SMILES string of the molecule is CC1CC(C(=O)N(C)C(C)c2ccccc2Cl)CCN1. The van der Waals surface area contributed by atoms with Gasteiger partial charge in [0.1, 0.15) is 0 Å². The lowest BCUT2D eigenvalue weighted by molar-refractivity contribution is -0.137. The van der Waals surface area contributed by atoms with Gasteiger partial charge in [-0.2, -0.15) is 0 Å². The van der Waals surface area contributed by atoms with Crippen molar-refractivity contribution in [1.29, 1.82) is 0 Å². The van der Waals surface area contributed by atoms with Gasteiger partial charge >= 0.3 is 0 Å². The molecule has 1 saturated heterocycles. The molecule has 1 heterocycles. The van der Waals surface area contributed by atoms with Crippen LogP contribution in [0, 0.1) is 5.92 Å². The van der Waals surface area contributed by atoms with Crippen LogP contribution in [0.1, 0.15) is 38.3 Å². The van der Waals surface area contributed by atoms with Crippen LogP contribution in [0.2, 0.25) is 5.02 Å². The molecule has 2 rings (SSSR count). The third-order valence-corrected chi connectivity index (χ3v) is 4.60. The molecule has 0 aliphatic carbocycles. The van der Waals surface area contributed by atoms with Gasteiger partial charge in [-0.3, -0.25) is 4.79 Å². The van der Waals surface area contributed by atoms with Gasteiger partial charge in [0, 0.05) is 24.0 Å². The molecular formula is C16H23ClN2O. The molecule has 1 aliphatic heterocycles. The van der Waals surface area contributed by atoms with E-state index in [4.69, 9.17) is 11.6 Å². The Balaban J connectivity index is 2.08.